The van der Waals surface area contributed by atoms with Crippen molar-refractivity contribution >= 4 is 11.7 Å². The molecule has 0 radical (unpaired) electrons. The van der Waals surface area contributed by atoms with Gasteiger partial charge in [-0.25, -0.2) is 4.79 Å². The zero-order valence-corrected chi connectivity index (χ0v) is 11.8. The summed E-state index contributed by atoms with van der Waals surface area (Å²) in [6, 6.07) is 11.7. The molecule has 0 fully saturated rings. The summed E-state index contributed by atoms with van der Waals surface area (Å²) >= 11 is 0. The lowest BCUT2D eigenvalue weighted by molar-refractivity contribution is 0.217. The maximum atomic E-state index is 11.9. The first-order valence-corrected chi connectivity index (χ1v) is 6.81. The van der Waals surface area contributed by atoms with Crippen LogP contribution in [-0.2, 0) is 0 Å². The van der Waals surface area contributed by atoms with Crippen molar-refractivity contribution in [2.45, 2.75) is 13.8 Å². The van der Waals surface area contributed by atoms with Crippen LogP contribution in [0.1, 0.15) is 13.8 Å². The number of rotatable bonds is 4. The quantitative estimate of drug-likeness (QED) is 0.921. The maximum Gasteiger partial charge on any atom is 0.321 e. The van der Waals surface area contributed by atoms with Crippen molar-refractivity contribution in [2.24, 2.45) is 0 Å². The van der Waals surface area contributed by atoms with E-state index in [2.05, 4.69) is 10.3 Å². The van der Waals surface area contributed by atoms with Crippen LogP contribution >= 0.6 is 0 Å². The number of hydrogen-bond donors (Lipinski definition) is 1. The predicted octanol–water partition coefficient (Wildman–Crippen LogP) is 3.62. The average molecular weight is 269 g/mol. The van der Waals surface area contributed by atoms with Crippen LogP contribution in [0.4, 0.5) is 10.5 Å². The molecule has 0 spiro atoms. The molecule has 20 heavy (non-hydrogen) atoms. The highest BCUT2D eigenvalue weighted by atomic mass is 16.2. The van der Waals surface area contributed by atoms with Crippen molar-refractivity contribution in [1.82, 2.24) is 9.88 Å². The summed E-state index contributed by atoms with van der Waals surface area (Å²) in [5.74, 6) is 0. The van der Waals surface area contributed by atoms with E-state index in [1.807, 2.05) is 50.2 Å². The monoisotopic (exact) mass is 269 g/mol. The van der Waals surface area contributed by atoms with E-state index in [1.54, 1.807) is 17.3 Å². The number of carbonyl (C=O) groups is 1. The Hall–Kier alpha value is -2.36. The number of nitrogens with one attached hydrogen (secondary N) is 1. The van der Waals surface area contributed by atoms with E-state index in [-0.39, 0.29) is 6.03 Å². The standard InChI is InChI=1S/C16H19N3O/c1-3-19(4-2)16(20)18-15-7-5-13(6-8-15)14-9-11-17-12-10-14/h5-12H,3-4H2,1-2H3,(H,18,20). The molecule has 2 aromatic rings. The summed E-state index contributed by atoms with van der Waals surface area (Å²) in [5.41, 5.74) is 3.02. The number of nitrogens with zero attached hydrogens (tertiary/aromatic N) is 2. The van der Waals surface area contributed by atoms with Gasteiger partial charge in [-0.1, -0.05) is 12.1 Å². The Labute approximate surface area is 119 Å². The molecule has 2 amide bonds. The third-order valence-corrected chi connectivity index (χ3v) is 3.20. The first-order valence-electron chi connectivity index (χ1n) is 6.81. The molecule has 4 nitrogen and oxygen atoms in total. The van der Waals surface area contributed by atoms with Crippen LogP contribution in [0, 0.1) is 0 Å². The van der Waals surface area contributed by atoms with Crippen LogP contribution in [0.25, 0.3) is 11.1 Å². The molecule has 2 rings (SSSR count). The molecular formula is C16H19N3O. The maximum absolute atomic E-state index is 11.9. The Balaban J connectivity index is 2.07. The van der Waals surface area contributed by atoms with E-state index in [9.17, 15) is 4.79 Å². The van der Waals surface area contributed by atoms with Crippen LogP contribution in [0.3, 0.4) is 0 Å². The molecule has 0 atom stereocenters. The van der Waals surface area contributed by atoms with E-state index >= 15 is 0 Å². The second-order valence-corrected chi connectivity index (χ2v) is 4.42. The lowest BCUT2D eigenvalue weighted by atomic mass is 10.1. The summed E-state index contributed by atoms with van der Waals surface area (Å²) in [7, 11) is 0. The summed E-state index contributed by atoms with van der Waals surface area (Å²) in [4.78, 5) is 17.7. The van der Waals surface area contributed by atoms with Gasteiger partial charge < -0.3 is 10.2 Å². The summed E-state index contributed by atoms with van der Waals surface area (Å²) in [6.07, 6.45) is 3.54. The van der Waals surface area contributed by atoms with Gasteiger partial charge in [0.1, 0.15) is 0 Å². The zero-order chi connectivity index (χ0) is 14.4. The molecule has 1 aromatic carbocycles. The molecule has 0 unspecified atom stereocenters. The minimum atomic E-state index is -0.0633. The lowest BCUT2D eigenvalue weighted by Crippen LogP contribution is -2.34. The van der Waals surface area contributed by atoms with E-state index in [1.165, 1.54) is 0 Å². The topological polar surface area (TPSA) is 45.2 Å². The van der Waals surface area contributed by atoms with Crippen molar-refractivity contribution < 1.29 is 4.79 Å². The van der Waals surface area contributed by atoms with E-state index in [0.29, 0.717) is 13.1 Å². The van der Waals surface area contributed by atoms with Crippen LogP contribution < -0.4 is 5.32 Å². The molecule has 0 saturated heterocycles. The van der Waals surface area contributed by atoms with Crippen LogP contribution in [0.2, 0.25) is 0 Å². The fourth-order valence-electron chi connectivity index (χ4n) is 2.00. The minimum absolute atomic E-state index is 0.0633. The molecule has 1 aromatic heterocycles. The highest BCUT2D eigenvalue weighted by Crippen LogP contribution is 2.20. The van der Waals surface area contributed by atoms with Gasteiger partial charge in [-0.2, -0.15) is 0 Å². The highest BCUT2D eigenvalue weighted by molar-refractivity contribution is 5.89. The Morgan fingerprint density at radius 1 is 1.00 bits per heavy atom. The van der Waals surface area contributed by atoms with Crippen molar-refractivity contribution in [3.63, 3.8) is 0 Å². The van der Waals surface area contributed by atoms with Gasteiger partial charge in [-0.05, 0) is 49.2 Å². The van der Waals surface area contributed by atoms with Gasteiger partial charge in [0.05, 0.1) is 0 Å². The van der Waals surface area contributed by atoms with Gasteiger partial charge in [0.15, 0.2) is 0 Å². The summed E-state index contributed by atoms with van der Waals surface area (Å²) in [5, 5.41) is 2.90. The Bertz CT molecular complexity index is 548. The van der Waals surface area contributed by atoms with Gasteiger partial charge in [0.2, 0.25) is 0 Å². The summed E-state index contributed by atoms with van der Waals surface area (Å²) in [6.45, 7) is 5.35. The molecule has 0 aliphatic heterocycles. The van der Waals surface area contributed by atoms with Crippen molar-refractivity contribution in [2.75, 3.05) is 18.4 Å². The number of urea groups is 1. The Kier molecular flexibility index (Phi) is 4.71. The zero-order valence-electron chi connectivity index (χ0n) is 11.8. The molecule has 1 N–H and O–H groups in total. The van der Waals surface area contributed by atoms with Gasteiger partial charge in [-0.3, -0.25) is 4.98 Å². The number of pyridine rings is 1. The minimum Gasteiger partial charge on any atom is -0.325 e. The molecule has 0 saturated carbocycles. The lowest BCUT2D eigenvalue weighted by Gasteiger charge is -2.19. The number of carbonyl (C=O) groups excluding carboxylic acids is 1. The molecular weight excluding hydrogens is 250 g/mol. The number of anilines is 1. The van der Waals surface area contributed by atoms with E-state index in [4.69, 9.17) is 0 Å². The molecule has 1 heterocycles. The van der Waals surface area contributed by atoms with Crippen LogP contribution in [-0.4, -0.2) is 29.0 Å². The highest BCUT2D eigenvalue weighted by Gasteiger charge is 2.08. The molecule has 4 heteroatoms. The van der Waals surface area contributed by atoms with Gasteiger partial charge >= 0.3 is 6.03 Å². The van der Waals surface area contributed by atoms with Gasteiger partial charge in [0.25, 0.3) is 0 Å². The molecule has 0 aliphatic rings. The second-order valence-electron chi connectivity index (χ2n) is 4.42. The van der Waals surface area contributed by atoms with E-state index < -0.39 is 0 Å². The first kappa shape index (κ1) is 14.1. The Morgan fingerprint density at radius 2 is 1.55 bits per heavy atom. The van der Waals surface area contributed by atoms with Crippen molar-refractivity contribution in [1.29, 1.82) is 0 Å². The fraction of sp³-hybridized carbons (Fsp3) is 0.250. The van der Waals surface area contributed by atoms with Crippen LogP contribution in [0.5, 0.6) is 0 Å². The summed E-state index contributed by atoms with van der Waals surface area (Å²) < 4.78 is 0. The third-order valence-electron chi connectivity index (χ3n) is 3.20. The number of aromatic nitrogens is 1. The number of hydrogen-bond acceptors (Lipinski definition) is 2. The van der Waals surface area contributed by atoms with Crippen molar-refractivity contribution in [3.05, 3.63) is 48.8 Å². The SMILES string of the molecule is CCN(CC)C(=O)Nc1ccc(-c2ccncc2)cc1. The Morgan fingerprint density at radius 3 is 2.10 bits per heavy atom. The molecule has 0 bridgehead atoms. The second kappa shape index (κ2) is 6.70. The van der Waals surface area contributed by atoms with E-state index in [0.717, 1.165) is 16.8 Å². The average Bonchev–Trinajstić information content (AvgIpc) is 2.50. The van der Waals surface area contributed by atoms with Gasteiger partial charge in [-0.15, -0.1) is 0 Å². The molecule has 0 aliphatic carbocycles. The predicted molar refractivity (Wildman–Crippen MR) is 81.6 cm³/mol. The van der Waals surface area contributed by atoms with Crippen LogP contribution in [0.15, 0.2) is 48.8 Å². The smallest absolute Gasteiger partial charge is 0.321 e. The number of amides is 2. The first-order chi connectivity index (χ1) is 9.74. The number of benzene rings is 1. The normalized spacial score (nSPS) is 10.1. The molecule has 104 valence electrons. The largest absolute Gasteiger partial charge is 0.325 e. The fourth-order valence-corrected chi connectivity index (χ4v) is 2.00. The third kappa shape index (κ3) is 3.35. The van der Waals surface area contributed by atoms with Gasteiger partial charge in [0, 0.05) is 31.2 Å². The van der Waals surface area contributed by atoms with Crippen molar-refractivity contribution in [3.8, 4) is 11.1 Å².